The lowest BCUT2D eigenvalue weighted by atomic mass is 10.3. The Balaban J connectivity index is 2.67. The topological polar surface area (TPSA) is 65.5 Å². The summed E-state index contributed by atoms with van der Waals surface area (Å²) < 4.78 is 10.2. The molecule has 0 N–H and O–H groups in total. The van der Waals surface area contributed by atoms with Crippen LogP contribution in [0.15, 0.2) is 22.8 Å². The molecule has 1 rings (SSSR count). The minimum atomic E-state index is -0.866. The molecule has 15 heavy (non-hydrogen) atoms. The van der Waals surface area contributed by atoms with E-state index in [1.165, 1.54) is 19.4 Å². The predicted octanol–water partition coefficient (Wildman–Crippen LogP) is 1.16. The number of carbonyl (C=O) groups is 1. The van der Waals surface area contributed by atoms with E-state index in [9.17, 15) is 10.0 Å². The molecule has 1 unspecified atom stereocenters. The molecule has 0 amide bonds. The molecule has 0 radical (unpaired) electrons. The van der Waals surface area contributed by atoms with Gasteiger partial charge in [0.05, 0.1) is 12.9 Å². The van der Waals surface area contributed by atoms with Crippen LogP contribution in [-0.4, -0.2) is 29.6 Å². The molecule has 1 heterocycles. The van der Waals surface area contributed by atoms with Crippen LogP contribution in [0, 0.1) is 5.21 Å². The van der Waals surface area contributed by atoms with Crippen LogP contribution in [0.3, 0.4) is 0 Å². The number of carbonyl (C=O) groups excluding carboxylic acids is 1. The standard InChI is InChI=1S/C10H13NO4/c1-3-14-10(12)8(2)11(13)7-9-5-4-6-15-9/h4-8H,3H2,1-2H3/b11-7+. The molecular formula is C10H13NO4. The summed E-state index contributed by atoms with van der Waals surface area (Å²) in [7, 11) is 0. The summed E-state index contributed by atoms with van der Waals surface area (Å²) in [5.41, 5.74) is 0. The lowest BCUT2D eigenvalue weighted by Crippen LogP contribution is -2.30. The fraction of sp³-hybridized carbons (Fsp3) is 0.400. The van der Waals surface area contributed by atoms with Gasteiger partial charge in [0, 0.05) is 6.92 Å². The van der Waals surface area contributed by atoms with Crippen LogP contribution in [0.1, 0.15) is 19.6 Å². The second kappa shape index (κ2) is 5.19. The first-order chi connectivity index (χ1) is 7.15. The molecule has 5 nitrogen and oxygen atoms in total. The van der Waals surface area contributed by atoms with Gasteiger partial charge in [0.2, 0.25) is 6.21 Å². The Morgan fingerprint density at radius 3 is 3.07 bits per heavy atom. The van der Waals surface area contributed by atoms with E-state index in [-0.39, 0.29) is 6.61 Å². The average Bonchev–Trinajstić information content (AvgIpc) is 2.69. The van der Waals surface area contributed by atoms with Crippen molar-refractivity contribution >= 4 is 12.2 Å². The minimum Gasteiger partial charge on any atom is -0.623 e. The molecule has 5 heteroatoms. The molecule has 0 aliphatic heterocycles. The molecule has 1 aromatic heterocycles. The van der Waals surface area contributed by atoms with E-state index in [1.807, 2.05) is 0 Å². The molecule has 0 aliphatic rings. The Labute approximate surface area is 87.5 Å². The zero-order chi connectivity index (χ0) is 11.3. The van der Waals surface area contributed by atoms with Gasteiger partial charge in [0.15, 0.2) is 5.76 Å². The fourth-order valence-electron chi connectivity index (χ4n) is 0.969. The van der Waals surface area contributed by atoms with Crippen molar-refractivity contribution in [3.63, 3.8) is 0 Å². The zero-order valence-corrected chi connectivity index (χ0v) is 8.67. The van der Waals surface area contributed by atoms with Gasteiger partial charge in [0.1, 0.15) is 0 Å². The Hall–Kier alpha value is -1.78. The Bertz CT molecular complexity index is 342. The van der Waals surface area contributed by atoms with Crippen LogP contribution in [0.2, 0.25) is 0 Å². The molecule has 0 fully saturated rings. The maximum Gasteiger partial charge on any atom is 0.376 e. The van der Waals surface area contributed by atoms with Gasteiger partial charge in [-0.05, 0) is 19.1 Å². The van der Waals surface area contributed by atoms with Gasteiger partial charge in [0.25, 0.3) is 6.04 Å². The first-order valence-electron chi connectivity index (χ1n) is 4.65. The average molecular weight is 211 g/mol. The highest BCUT2D eigenvalue weighted by atomic mass is 16.5. The normalized spacial score (nSPS) is 13.6. The summed E-state index contributed by atoms with van der Waals surface area (Å²) in [5, 5.41) is 11.4. The molecule has 82 valence electrons. The Kier molecular flexibility index (Phi) is 3.91. The van der Waals surface area contributed by atoms with E-state index >= 15 is 0 Å². The van der Waals surface area contributed by atoms with Crippen molar-refractivity contribution < 1.29 is 18.7 Å². The van der Waals surface area contributed by atoms with Crippen molar-refractivity contribution in [1.29, 1.82) is 0 Å². The summed E-state index contributed by atoms with van der Waals surface area (Å²) in [6.07, 6.45) is 2.66. The van der Waals surface area contributed by atoms with Crippen molar-refractivity contribution in [2.45, 2.75) is 19.9 Å². The second-order valence-corrected chi connectivity index (χ2v) is 2.93. The number of nitrogens with zero attached hydrogens (tertiary/aromatic N) is 1. The van der Waals surface area contributed by atoms with E-state index in [0.29, 0.717) is 10.5 Å². The summed E-state index contributed by atoms with van der Waals surface area (Å²) in [4.78, 5) is 11.2. The van der Waals surface area contributed by atoms with E-state index < -0.39 is 12.0 Å². The Morgan fingerprint density at radius 1 is 1.80 bits per heavy atom. The molecule has 0 aliphatic carbocycles. The van der Waals surface area contributed by atoms with E-state index in [1.54, 1.807) is 19.1 Å². The summed E-state index contributed by atoms with van der Waals surface area (Å²) >= 11 is 0. The minimum absolute atomic E-state index is 0.262. The number of esters is 1. The van der Waals surface area contributed by atoms with Crippen molar-refractivity contribution in [1.82, 2.24) is 0 Å². The fourth-order valence-corrected chi connectivity index (χ4v) is 0.969. The maximum atomic E-state index is 11.4. The third kappa shape index (κ3) is 3.12. The molecule has 0 spiro atoms. The van der Waals surface area contributed by atoms with Gasteiger partial charge >= 0.3 is 5.97 Å². The molecule has 0 aromatic carbocycles. The predicted molar refractivity (Wildman–Crippen MR) is 53.6 cm³/mol. The van der Waals surface area contributed by atoms with Crippen LogP contribution < -0.4 is 0 Å². The van der Waals surface area contributed by atoms with E-state index in [0.717, 1.165) is 0 Å². The monoisotopic (exact) mass is 211 g/mol. The SMILES string of the molecule is CCOC(=O)C(C)/[N+]([O-])=C\c1ccco1. The van der Waals surface area contributed by atoms with Gasteiger partial charge in [-0.25, -0.2) is 4.79 Å². The van der Waals surface area contributed by atoms with Crippen LogP contribution >= 0.6 is 0 Å². The summed E-state index contributed by atoms with van der Waals surface area (Å²) in [5.74, 6) is -0.142. The van der Waals surface area contributed by atoms with Crippen LogP contribution in [0.5, 0.6) is 0 Å². The van der Waals surface area contributed by atoms with Crippen LogP contribution in [0.4, 0.5) is 0 Å². The van der Waals surface area contributed by atoms with Crippen LogP contribution in [-0.2, 0) is 9.53 Å². The van der Waals surface area contributed by atoms with Gasteiger partial charge in [-0.3, -0.25) is 0 Å². The van der Waals surface area contributed by atoms with E-state index in [2.05, 4.69) is 0 Å². The third-order valence-electron chi connectivity index (χ3n) is 1.81. The van der Waals surface area contributed by atoms with Crippen molar-refractivity contribution in [3.05, 3.63) is 29.4 Å². The Morgan fingerprint density at radius 2 is 2.53 bits per heavy atom. The molecular weight excluding hydrogens is 198 g/mol. The van der Waals surface area contributed by atoms with Crippen LogP contribution in [0.25, 0.3) is 0 Å². The summed E-state index contributed by atoms with van der Waals surface area (Å²) in [6.45, 7) is 3.43. The third-order valence-corrected chi connectivity index (χ3v) is 1.81. The quantitative estimate of drug-likeness (QED) is 0.246. The number of ether oxygens (including phenoxy) is 1. The maximum absolute atomic E-state index is 11.4. The highest BCUT2D eigenvalue weighted by molar-refractivity contribution is 5.76. The number of hydroxylamine groups is 1. The molecule has 0 saturated carbocycles. The molecule has 1 atom stereocenters. The van der Waals surface area contributed by atoms with Gasteiger partial charge in [-0.2, -0.15) is 4.74 Å². The molecule has 0 bridgehead atoms. The number of hydrogen-bond acceptors (Lipinski definition) is 4. The van der Waals surface area contributed by atoms with E-state index in [4.69, 9.17) is 9.15 Å². The van der Waals surface area contributed by atoms with Crippen molar-refractivity contribution in [2.24, 2.45) is 0 Å². The van der Waals surface area contributed by atoms with Crippen molar-refractivity contribution in [2.75, 3.05) is 6.61 Å². The van der Waals surface area contributed by atoms with Gasteiger partial charge in [-0.15, -0.1) is 0 Å². The number of furan rings is 1. The molecule has 1 aromatic rings. The lowest BCUT2D eigenvalue weighted by molar-refractivity contribution is -0.480. The summed E-state index contributed by atoms with van der Waals surface area (Å²) in [6, 6.07) is 2.42. The smallest absolute Gasteiger partial charge is 0.376 e. The highest BCUT2D eigenvalue weighted by Crippen LogP contribution is 1.98. The lowest BCUT2D eigenvalue weighted by Gasteiger charge is -2.10. The largest absolute Gasteiger partial charge is 0.623 e. The molecule has 0 saturated heterocycles. The second-order valence-electron chi connectivity index (χ2n) is 2.93. The highest BCUT2D eigenvalue weighted by Gasteiger charge is 2.21. The first kappa shape index (κ1) is 11.3. The number of hydrogen-bond donors (Lipinski definition) is 0. The van der Waals surface area contributed by atoms with Crippen molar-refractivity contribution in [3.8, 4) is 0 Å². The first-order valence-corrected chi connectivity index (χ1v) is 4.65. The van der Waals surface area contributed by atoms with Gasteiger partial charge < -0.3 is 14.4 Å². The zero-order valence-electron chi connectivity index (χ0n) is 8.67. The number of rotatable bonds is 4. The van der Waals surface area contributed by atoms with Gasteiger partial charge in [-0.1, -0.05) is 0 Å².